The average molecular weight is 522 g/mol. The molecule has 0 spiro atoms. The van der Waals surface area contributed by atoms with E-state index in [-0.39, 0.29) is 41.3 Å². The van der Waals surface area contributed by atoms with Crippen molar-refractivity contribution in [1.29, 1.82) is 0 Å². The fraction of sp³-hybridized carbons (Fsp3) is 0.0588. The Morgan fingerprint density at radius 3 is 1.69 bits per heavy atom. The first-order valence-electron chi connectivity index (χ1n) is 7.38. The van der Waals surface area contributed by atoms with E-state index in [2.05, 4.69) is 41.8 Å². The van der Waals surface area contributed by atoms with Gasteiger partial charge in [-0.3, -0.25) is 13.6 Å². The molecule has 0 unspecified atom stereocenters. The quantitative estimate of drug-likeness (QED) is 0.224. The second kappa shape index (κ2) is 11.3. The summed E-state index contributed by atoms with van der Waals surface area (Å²) >= 11 is 6.66. The zero-order valence-electron chi connectivity index (χ0n) is 15.4. The van der Waals surface area contributed by atoms with Gasteiger partial charge in [0.05, 0.1) is 9.21 Å². The van der Waals surface area contributed by atoms with E-state index < -0.39 is 5.97 Å². The van der Waals surface area contributed by atoms with Crippen LogP contribution in [0.15, 0.2) is 58.0 Å². The summed E-state index contributed by atoms with van der Waals surface area (Å²) in [4.78, 5) is 29.7. The Hall–Kier alpha value is -2.00. The van der Waals surface area contributed by atoms with Gasteiger partial charge in [0.1, 0.15) is 17.0 Å². The summed E-state index contributed by atoms with van der Waals surface area (Å²) in [5.41, 5.74) is 1.94. The van der Waals surface area contributed by atoms with E-state index in [9.17, 15) is 9.59 Å². The van der Waals surface area contributed by atoms with Gasteiger partial charge in [-0.1, -0.05) is 12.1 Å². The third kappa shape index (κ3) is 5.99. The summed E-state index contributed by atoms with van der Waals surface area (Å²) < 4.78 is 5.18. The number of pyridine rings is 2. The molecule has 0 aliphatic carbocycles. The van der Waals surface area contributed by atoms with Crippen molar-refractivity contribution in [2.75, 3.05) is 0 Å². The molecule has 0 fully saturated rings. The number of nitrogens with zero attached hydrogens (tertiary/aromatic N) is 4. The van der Waals surface area contributed by atoms with Crippen LogP contribution in [0.25, 0.3) is 11.3 Å². The number of aromatic nitrogens is 4. The number of hydrogen-bond donors (Lipinski definition) is 1. The number of fused-ring (bicyclic) bond motifs is 2. The molecule has 0 radical (unpaired) electrons. The molecule has 4 heterocycles. The number of imidazole rings is 2. The third-order valence-corrected chi connectivity index (χ3v) is 4.76. The Labute approximate surface area is 193 Å². The maximum absolute atomic E-state index is 11.0. The Morgan fingerprint density at radius 1 is 0.897 bits per heavy atom. The molecule has 12 heteroatoms. The number of ketones is 1. The van der Waals surface area contributed by atoms with E-state index in [0.29, 0.717) is 11.3 Å². The van der Waals surface area contributed by atoms with Crippen LogP contribution in [0.1, 0.15) is 27.9 Å². The van der Waals surface area contributed by atoms with E-state index in [1.165, 1.54) is 13.1 Å². The molecule has 0 aromatic carbocycles. The van der Waals surface area contributed by atoms with Crippen molar-refractivity contribution in [2.24, 2.45) is 0 Å². The van der Waals surface area contributed by atoms with Gasteiger partial charge in [0.2, 0.25) is 0 Å². The van der Waals surface area contributed by atoms with Gasteiger partial charge in [-0.25, -0.2) is 14.8 Å². The van der Waals surface area contributed by atoms with Gasteiger partial charge in [-0.05, 0) is 56.1 Å². The zero-order valence-corrected chi connectivity index (χ0v) is 18.5. The average Bonchev–Trinajstić information content (AvgIpc) is 3.21. The summed E-state index contributed by atoms with van der Waals surface area (Å²) in [7, 11) is 0. The summed E-state index contributed by atoms with van der Waals surface area (Å²) in [5.74, 6) is -1.04. The summed E-state index contributed by atoms with van der Waals surface area (Å²) in [6, 6.07) is 11.0. The predicted octanol–water partition coefficient (Wildman–Crippen LogP) is 0.0969. The molecule has 9 nitrogen and oxygen atoms in total. The Balaban J connectivity index is 0.000000490. The molecule has 4 aromatic rings. The van der Waals surface area contributed by atoms with Crippen LogP contribution in [0.5, 0.6) is 0 Å². The fourth-order valence-electron chi connectivity index (χ4n) is 2.23. The van der Waals surface area contributed by atoms with E-state index >= 15 is 0 Å². The molecular weight excluding hydrogens is 507 g/mol. The van der Waals surface area contributed by atoms with Crippen molar-refractivity contribution in [2.45, 2.75) is 6.92 Å². The van der Waals surface area contributed by atoms with Crippen LogP contribution in [0.4, 0.5) is 0 Å². The second-order valence-corrected chi connectivity index (χ2v) is 6.89. The number of carbonyl (C=O) groups is 2. The first-order valence-corrected chi connectivity index (χ1v) is 8.97. The van der Waals surface area contributed by atoms with E-state index in [1.54, 1.807) is 22.7 Å². The van der Waals surface area contributed by atoms with Crippen LogP contribution in [-0.4, -0.2) is 46.6 Å². The first kappa shape index (κ1) is 27.0. The Kier molecular flexibility index (Phi) is 10.5. The molecule has 29 heavy (non-hydrogen) atoms. The van der Waals surface area contributed by atoms with Gasteiger partial charge >= 0.3 is 24.8 Å². The van der Waals surface area contributed by atoms with Crippen LogP contribution in [-0.2, 0) is 0 Å². The molecule has 0 aliphatic heterocycles. The number of carbonyl (C=O) groups excluding carboxylic acids is 1. The number of halogens is 2. The minimum atomic E-state index is -1.02. The van der Waals surface area contributed by atoms with Gasteiger partial charge in [0, 0.05) is 19.3 Å². The van der Waals surface area contributed by atoms with Crippen molar-refractivity contribution in [1.82, 2.24) is 18.8 Å². The first-order chi connectivity index (χ1) is 12.4. The van der Waals surface area contributed by atoms with Gasteiger partial charge in [0.25, 0.3) is 0 Å². The Bertz CT molecular complexity index is 1060. The van der Waals surface area contributed by atoms with E-state index in [1.807, 2.05) is 28.7 Å². The zero-order chi connectivity index (χ0) is 18.8. The Morgan fingerprint density at radius 2 is 1.31 bits per heavy atom. The van der Waals surface area contributed by atoms with Crippen molar-refractivity contribution < 1.29 is 44.5 Å². The fourth-order valence-corrected chi connectivity index (χ4v) is 3.10. The molecular formula is C17H15Br2LiN4O5. The van der Waals surface area contributed by atoms with Crippen molar-refractivity contribution in [3.05, 3.63) is 69.4 Å². The van der Waals surface area contributed by atoms with Crippen LogP contribution >= 0.6 is 31.9 Å². The van der Waals surface area contributed by atoms with E-state index in [0.717, 1.165) is 14.9 Å². The maximum atomic E-state index is 11.0. The van der Waals surface area contributed by atoms with Crippen LogP contribution in [0.2, 0.25) is 0 Å². The van der Waals surface area contributed by atoms with Crippen LogP contribution in [0.3, 0.4) is 0 Å². The molecule has 148 valence electrons. The number of carboxylic acid groups (broad SMARTS) is 1. The number of hydrogen-bond acceptors (Lipinski definition) is 5. The summed E-state index contributed by atoms with van der Waals surface area (Å²) in [5, 5.41) is 8.69. The predicted molar refractivity (Wildman–Crippen MR) is 108 cm³/mol. The topological polar surface area (TPSA) is 150 Å². The number of rotatable bonds is 2. The summed E-state index contributed by atoms with van der Waals surface area (Å²) in [6.07, 6.45) is 3.20. The molecule has 4 N–H and O–H groups in total. The minimum absolute atomic E-state index is 0. The number of aromatic carboxylic acids is 1. The van der Waals surface area contributed by atoms with Gasteiger partial charge in [0.15, 0.2) is 11.5 Å². The van der Waals surface area contributed by atoms with E-state index in [4.69, 9.17) is 5.11 Å². The molecule has 4 aromatic heterocycles. The third-order valence-electron chi connectivity index (χ3n) is 3.46. The molecule has 0 aliphatic rings. The van der Waals surface area contributed by atoms with Gasteiger partial charge in [-0.2, -0.15) is 0 Å². The second-order valence-electron chi connectivity index (χ2n) is 5.27. The number of Topliss-reactive ketones (excluding diaryl/α,β-unsaturated/α-hetero) is 1. The number of carboxylic acids is 1. The summed E-state index contributed by atoms with van der Waals surface area (Å²) in [6.45, 7) is 1.51. The van der Waals surface area contributed by atoms with Crippen molar-refractivity contribution in [3.8, 4) is 0 Å². The van der Waals surface area contributed by atoms with Crippen LogP contribution in [0, 0.1) is 0 Å². The normalized spacial score (nSPS) is 9.48. The molecule has 0 saturated heterocycles. The molecule has 0 atom stereocenters. The largest absolute Gasteiger partial charge is 1.00 e. The standard InChI is InChI=1S/C9H7BrN2O.C8H5BrN2O2.Li.2H2O/c1-6(13)7-5-12-8(10)3-2-4-9(12)11-7;9-6-2-1-3-7-10-5(8(12)13)4-11(6)7;;;/h2-5H,1H3;1-4H,(H,12,13);;2*1H2/q;;+1;;/p-1. The smallest absolute Gasteiger partial charge is 0.870 e. The van der Waals surface area contributed by atoms with Crippen molar-refractivity contribution >= 4 is 54.9 Å². The molecule has 0 bridgehead atoms. The van der Waals surface area contributed by atoms with Gasteiger partial charge in [-0.15, -0.1) is 0 Å². The maximum Gasteiger partial charge on any atom is 1.00 e. The minimum Gasteiger partial charge on any atom is -0.870 e. The monoisotopic (exact) mass is 520 g/mol. The van der Waals surface area contributed by atoms with Gasteiger partial charge < -0.3 is 16.1 Å². The van der Waals surface area contributed by atoms with Crippen molar-refractivity contribution in [3.63, 3.8) is 0 Å². The molecule has 0 saturated carbocycles. The van der Waals surface area contributed by atoms with Crippen LogP contribution < -0.4 is 18.9 Å². The molecule has 4 rings (SSSR count). The SMILES string of the molecule is CC(=O)c1cn2c(Br)cccc2n1.O.O=C(O)c1cn2c(Br)cccc2n1.[Li+].[OH-]. The molecule has 0 amide bonds.